The Morgan fingerprint density at radius 1 is 1.07 bits per heavy atom. The van der Waals surface area contributed by atoms with Crippen LogP contribution in [0, 0.1) is 0 Å². The summed E-state index contributed by atoms with van der Waals surface area (Å²) in [6, 6.07) is 6.14. The van der Waals surface area contributed by atoms with E-state index in [0.717, 1.165) is 12.8 Å². The molecule has 156 valence electrons. The van der Waals surface area contributed by atoms with Crippen molar-refractivity contribution in [3.8, 4) is 0 Å². The molecular weight excluding hydrogens is 404 g/mol. The van der Waals surface area contributed by atoms with Gasteiger partial charge in [-0.15, -0.1) is 12.4 Å². The molecule has 0 bridgehead atoms. The first-order chi connectivity index (χ1) is 12.8. The number of nitrogens with two attached hydrogens (primary N) is 1. The smallest absolute Gasteiger partial charge is 0.254 e. The lowest BCUT2D eigenvalue weighted by molar-refractivity contribution is -0.129. The van der Waals surface area contributed by atoms with Gasteiger partial charge in [0.2, 0.25) is 15.9 Å². The second-order valence-corrected chi connectivity index (χ2v) is 8.90. The number of piperazine rings is 1. The fourth-order valence-electron chi connectivity index (χ4n) is 3.68. The molecule has 0 spiro atoms. The summed E-state index contributed by atoms with van der Waals surface area (Å²) in [5.41, 5.74) is 6.20. The van der Waals surface area contributed by atoms with Gasteiger partial charge in [-0.2, -0.15) is 4.31 Å². The van der Waals surface area contributed by atoms with E-state index in [9.17, 15) is 18.0 Å². The molecular formula is C18H27ClN4O4S. The van der Waals surface area contributed by atoms with Gasteiger partial charge in [-0.05, 0) is 37.1 Å². The molecule has 2 N–H and O–H groups in total. The SMILES string of the molecule is CC(=O)N1CCN(S(=O)(=O)c2ccc(C(=O)N3CCCC3CN)cc2)CC1.Cl. The van der Waals surface area contributed by atoms with Crippen LogP contribution in [0.15, 0.2) is 29.2 Å². The van der Waals surface area contributed by atoms with Gasteiger partial charge in [-0.3, -0.25) is 9.59 Å². The normalized spacial score (nSPS) is 20.7. The predicted octanol–water partition coefficient (Wildman–Crippen LogP) is 0.525. The van der Waals surface area contributed by atoms with Gasteiger partial charge in [0.05, 0.1) is 4.90 Å². The summed E-state index contributed by atoms with van der Waals surface area (Å²) in [7, 11) is -3.64. The molecule has 10 heteroatoms. The molecule has 0 radical (unpaired) electrons. The monoisotopic (exact) mass is 430 g/mol. The molecule has 1 unspecified atom stereocenters. The largest absolute Gasteiger partial charge is 0.340 e. The summed E-state index contributed by atoms with van der Waals surface area (Å²) in [4.78, 5) is 27.6. The van der Waals surface area contributed by atoms with Crippen LogP contribution in [0.25, 0.3) is 0 Å². The van der Waals surface area contributed by atoms with Crippen molar-refractivity contribution < 1.29 is 18.0 Å². The Balaban J connectivity index is 0.00000280. The molecule has 28 heavy (non-hydrogen) atoms. The standard InChI is InChI=1S/C18H26N4O4S.ClH/c1-14(23)20-9-11-21(12-10-20)27(25,26)17-6-4-15(5-7-17)18(24)22-8-2-3-16(22)13-19;/h4-7,16H,2-3,8-13,19H2,1H3;1H. The Kier molecular flexibility index (Phi) is 7.44. The molecule has 2 aliphatic heterocycles. The van der Waals surface area contributed by atoms with Crippen LogP contribution in [-0.2, 0) is 14.8 Å². The van der Waals surface area contributed by atoms with E-state index < -0.39 is 10.0 Å². The summed E-state index contributed by atoms with van der Waals surface area (Å²) in [5.74, 6) is -0.158. The second-order valence-electron chi connectivity index (χ2n) is 6.96. The van der Waals surface area contributed by atoms with Gasteiger partial charge < -0.3 is 15.5 Å². The van der Waals surface area contributed by atoms with Gasteiger partial charge in [-0.1, -0.05) is 0 Å². The molecule has 8 nitrogen and oxygen atoms in total. The van der Waals surface area contributed by atoms with Gasteiger partial charge in [0.1, 0.15) is 0 Å². The number of nitrogens with zero attached hydrogens (tertiary/aromatic N) is 3. The minimum Gasteiger partial charge on any atom is -0.340 e. The molecule has 2 fully saturated rings. The molecule has 0 aliphatic carbocycles. The first kappa shape index (κ1) is 22.6. The lowest BCUT2D eigenvalue weighted by Crippen LogP contribution is -2.49. The summed E-state index contributed by atoms with van der Waals surface area (Å²) in [6.45, 7) is 3.92. The van der Waals surface area contributed by atoms with Gasteiger partial charge in [0.25, 0.3) is 5.91 Å². The zero-order valence-electron chi connectivity index (χ0n) is 15.9. The number of benzene rings is 1. The highest BCUT2D eigenvalue weighted by molar-refractivity contribution is 7.89. The van der Waals surface area contributed by atoms with Crippen LogP contribution >= 0.6 is 12.4 Å². The van der Waals surface area contributed by atoms with Crippen molar-refractivity contribution in [1.82, 2.24) is 14.1 Å². The molecule has 1 aromatic rings. The van der Waals surface area contributed by atoms with Crippen molar-refractivity contribution in [3.05, 3.63) is 29.8 Å². The molecule has 1 atom stereocenters. The summed E-state index contributed by atoms with van der Waals surface area (Å²) < 4.78 is 27.0. The van der Waals surface area contributed by atoms with Gasteiger partial charge in [0, 0.05) is 57.8 Å². The molecule has 2 aliphatic rings. The minimum atomic E-state index is -3.64. The Morgan fingerprint density at radius 2 is 1.68 bits per heavy atom. The second kappa shape index (κ2) is 9.21. The fraction of sp³-hybridized carbons (Fsp3) is 0.556. The van der Waals surface area contributed by atoms with E-state index in [0.29, 0.717) is 31.7 Å². The van der Waals surface area contributed by atoms with E-state index in [-0.39, 0.29) is 48.2 Å². The zero-order valence-corrected chi connectivity index (χ0v) is 17.5. The van der Waals surface area contributed by atoms with Crippen LogP contribution in [0.1, 0.15) is 30.1 Å². The maximum Gasteiger partial charge on any atom is 0.254 e. The Labute approximate surface area is 172 Å². The maximum atomic E-state index is 12.8. The van der Waals surface area contributed by atoms with E-state index in [2.05, 4.69) is 0 Å². The average Bonchev–Trinajstić information content (AvgIpc) is 3.16. The average molecular weight is 431 g/mol. The van der Waals surface area contributed by atoms with Crippen molar-refractivity contribution in [2.75, 3.05) is 39.3 Å². The van der Waals surface area contributed by atoms with Gasteiger partial charge >= 0.3 is 0 Å². The van der Waals surface area contributed by atoms with Crippen LogP contribution in [0.4, 0.5) is 0 Å². The zero-order chi connectivity index (χ0) is 19.6. The number of hydrogen-bond donors (Lipinski definition) is 1. The molecule has 2 heterocycles. The topological polar surface area (TPSA) is 104 Å². The van der Waals surface area contributed by atoms with Crippen LogP contribution in [0.5, 0.6) is 0 Å². The quantitative estimate of drug-likeness (QED) is 0.750. The molecule has 3 rings (SSSR count). The number of rotatable bonds is 4. The van der Waals surface area contributed by atoms with Gasteiger partial charge in [-0.25, -0.2) is 8.42 Å². The Bertz CT molecular complexity index is 807. The Hall–Kier alpha value is -1.68. The van der Waals surface area contributed by atoms with E-state index >= 15 is 0 Å². The van der Waals surface area contributed by atoms with Crippen LogP contribution < -0.4 is 5.73 Å². The number of hydrogen-bond acceptors (Lipinski definition) is 5. The number of sulfonamides is 1. The van der Waals surface area contributed by atoms with Crippen LogP contribution in [0.2, 0.25) is 0 Å². The molecule has 2 saturated heterocycles. The minimum absolute atomic E-state index is 0. The molecule has 0 aromatic heterocycles. The third kappa shape index (κ3) is 4.48. The number of halogens is 1. The molecule has 2 amide bonds. The molecule has 1 aromatic carbocycles. The highest BCUT2D eigenvalue weighted by Crippen LogP contribution is 2.22. The highest BCUT2D eigenvalue weighted by Gasteiger charge is 2.31. The number of likely N-dealkylation sites (tertiary alicyclic amines) is 1. The summed E-state index contributed by atoms with van der Waals surface area (Å²) >= 11 is 0. The lowest BCUT2D eigenvalue weighted by atomic mass is 10.1. The third-order valence-electron chi connectivity index (χ3n) is 5.33. The highest BCUT2D eigenvalue weighted by atomic mass is 35.5. The number of carbonyl (C=O) groups is 2. The van der Waals surface area contributed by atoms with Crippen molar-refractivity contribution in [3.63, 3.8) is 0 Å². The first-order valence-corrected chi connectivity index (χ1v) is 10.7. The molecule has 0 saturated carbocycles. The van der Waals surface area contributed by atoms with E-state index in [1.165, 1.54) is 23.4 Å². The van der Waals surface area contributed by atoms with E-state index in [4.69, 9.17) is 5.73 Å². The number of amides is 2. The summed E-state index contributed by atoms with van der Waals surface area (Å²) in [5, 5.41) is 0. The van der Waals surface area contributed by atoms with Crippen molar-refractivity contribution in [2.24, 2.45) is 5.73 Å². The maximum absolute atomic E-state index is 12.8. The third-order valence-corrected chi connectivity index (χ3v) is 7.25. The van der Waals surface area contributed by atoms with Crippen molar-refractivity contribution >= 4 is 34.2 Å². The van der Waals surface area contributed by atoms with Crippen molar-refractivity contribution in [1.29, 1.82) is 0 Å². The lowest BCUT2D eigenvalue weighted by Gasteiger charge is -2.33. The van der Waals surface area contributed by atoms with Crippen molar-refractivity contribution in [2.45, 2.75) is 30.7 Å². The number of carbonyl (C=O) groups excluding carboxylic acids is 2. The fourth-order valence-corrected chi connectivity index (χ4v) is 5.10. The predicted molar refractivity (Wildman–Crippen MR) is 108 cm³/mol. The van der Waals surface area contributed by atoms with Crippen LogP contribution in [0.3, 0.4) is 0 Å². The van der Waals surface area contributed by atoms with E-state index in [1.54, 1.807) is 21.9 Å². The summed E-state index contributed by atoms with van der Waals surface area (Å²) in [6.07, 6.45) is 1.84. The van der Waals surface area contributed by atoms with Gasteiger partial charge in [0.15, 0.2) is 0 Å². The first-order valence-electron chi connectivity index (χ1n) is 9.21. The Morgan fingerprint density at radius 3 is 2.21 bits per heavy atom. The van der Waals surface area contributed by atoms with E-state index in [1.807, 2.05) is 0 Å². The van der Waals surface area contributed by atoms with Crippen LogP contribution in [-0.4, -0.2) is 79.6 Å².